The Kier molecular flexibility index (Phi) is 13.1. The van der Waals surface area contributed by atoms with Crippen molar-refractivity contribution >= 4 is 60.0 Å². The van der Waals surface area contributed by atoms with Gasteiger partial charge in [-0.3, -0.25) is 19.0 Å². The third-order valence-electron chi connectivity index (χ3n) is 12.4. The smallest absolute Gasteiger partial charge is 0.346 e. The first-order valence-electron chi connectivity index (χ1n) is 21.6. The Morgan fingerprint density at radius 1 is 0.918 bits per heavy atom. The summed E-state index contributed by atoms with van der Waals surface area (Å²) in [6, 6.07) is 10.6. The van der Waals surface area contributed by atoms with Gasteiger partial charge in [0.05, 0.1) is 33.9 Å². The van der Waals surface area contributed by atoms with Gasteiger partial charge in [-0.15, -0.1) is 0 Å². The summed E-state index contributed by atoms with van der Waals surface area (Å²) in [6.45, 7) is 0.715. The molecule has 6 aromatic rings. The van der Waals surface area contributed by atoms with E-state index in [1.54, 1.807) is 0 Å². The number of halogens is 11. The van der Waals surface area contributed by atoms with E-state index in [1.165, 1.54) is 57.2 Å². The van der Waals surface area contributed by atoms with Gasteiger partial charge in [-0.25, -0.2) is 30.6 Å². The monoisotopic (exact) mass is 1090 g/mol. The van der Waals surface area contributed by atoms with Crippen molar-refractivity contribution in [3.63, 3.8) is 0 Å². The molecule has 0 aliphatic heterocycles. The van der Waals surface area contributed by atoms with Gasteiger partial charge in [0.25, 0.3) is 11.8 Å². The van der Waals surface area contributed by atoms with Gasteiger partial charge >= 0.3 is 12.4 Å². The molecule has 13 nitrogen and oxygen atoms in total. The standard InChI is InChI=1S/C47H38ClF10N7O6S2/c1-23-8-6-7-9-28(23)43(67)65(73(5,70)71)42-37-33(48)13-12-30(39(37)64(62-42)22-45(51,52)53)29-11-10-27(14-15-44(2,3)72(4,68)69)59-38(29)34(18-24-16-25(49)19-26(50)17-24)60-35(66)21-63-41-36(40(61-63)47(56,57)58)31-20-32(31)46(41,54)55/h6-13,16-17,19,31-32,34H,18,20-22H2,1-5H3,(H,60,66)/t31-,32+,34-/m0/s1. The Bertz CT molecular complexity index is 3570. The fourth-order valence-corrected chi connectivity index (χ4v) is 10.0. The molecule has 1 fully saturated rings. The number of hydrogen-bond acceptors (Lipinski definition) is 9. The molecule has 2 amide bonds. The average molecular weight is 1090 g/mol. The zero-order chi connectivity index (χ0) is 53.7. The number of pyridine rings is 1. The van der Waals surface area contributed by atoms with Gasteiger partial charge in [0.1, 0.15) is 40.9 Å². The largest absolute Gasteiger partial charge is 0.435 e. The van der Waals surface area contributed by atoms with Crippen molar-refractivity contribution in [1.82, 2.24) is 29.9 Å². The summed E-state index contributed by atoms with van der Waals surface area (Å²) in [6.07, 6.45) is -9.82. The quantitative estimate of drug-likeness (QED) is 0.0929. The van der Waals surface area contributed by atoms with Crippen LogP contribution in [0.3, 0.4) is 0 Å². The number of sulfone groups is 1. The van der Waals surface area contributed by atoms with E-state index in [9.17, 15) is 61.5 Å². The highest BCUT2D eigenvalue weighted by Crippen LogP contribution is 2.68. The van der Waals surface area contributed by atoms with Gasteiger partial charge in [0.2, 0.25) is 15.9 Å². The van der Waals surface area contributed by atoms with Crippen LogP contribution in [-0.4, -0.2) is 76.6 Å². The fraction of sp³-hybridized carbons (Fsp3) is 0.340. The molecule has 0 bridgehead atoms. The molecule has 2 aliphatic rings. The lowest BCUT2D eigenvalue weighted by atomic mass is 9.93. The average Bonchev–Trinajstić information content (AvgIpc) is 3.77. The lowest BCUT2D eigenvalue weighted by Crippen LogP contribution is -2.37. The van der Waals surface area contributed by atoms with Crippen molar-refractivity contribution in [2.24, 2.45) is 5.92 Å². The molecule has 8 rings (SSSR count). The second-order valence-electron chi connectivity index (χ2n) is 18.2. The lowest BCUT2D eigenvalue weighted by molar-refractivity contribution is -0.143. The van der Waals surface area contributed by atoms with E-state index in [1.807, 2.05) is 0 Å². The molecule has 2 aliphatic carbocycles. The van der Waals surface area contributed by atoms with Crippen LogP contribution in [0.2, 0.25) is 5.02 Å². The molecule has 73 heavy (non-hydrogen) atoms. The zero-order valence-electron chi connectivity index (χ0n) is 38.5. The molecule has 386 valence electrons. The van der Waals surface area contributed by atoms with Gasteiger partial charge in [-0.05, 0) is 93.0 Å². The van der Waals surface area contributed by atoms with Gasteiger partial charge in [0.15, 0.2) is 21.3 Å². The van der Waals surface area contributed by atoms with E-state index in [0.29, 0.717) is 17.0 Å². The van der Waals surface area contributed by atoms with E-state index in [-0.39, 0.29) is 48.9 Å². The van der Waals surface area contributed by atoms with Crippen molar-refractivity contribution in [2.45, 2.75) is 81.7 Å². The number of benzene rings is 3. The molecule has 26 heteroatoms. The number of alkyl halides is 8. The summed E-state index contributed by atoms with van der Waals surface area (Å²) >= 11 is 6.70. The van der Waals surface area contributed by atoms with Crippen molar-refractivity contribution < 1.29 is 70.3 Å². The molecule has 1 saturated carbocycles. The van der Waals surface area contributed by atoms with Crippen LogP contribution in [0.15, 0.2) is 66.7 Å². The number of rotatable bonds is 12. The van der Waals surface area contributed by atoms with E-state index < -0.39 is 148 Å². The normalized spacial score (nSPS) is 16.9. The summed E-state index contributed by atoms with van der Waals surface area (Å²) < 4.78 is 199. The minimum atomic E-state index is -5.22. The molecule has 3 heterocycles. The molecule has 0 spiro atoms. The first-order valence-corrected chi connectivity index (χ1v) is 25.7. The Morgan fingerprint density at radius 3 is 2.16 bits per heavy atom. The Morgan fingerprint density at radius 2 is 1.56 bits per heavy atom. The van der Waals surface area contributed by atoms with E-state index >= 15 is 8.78 Å². The van der Waals surface area contributed by atoms with Gasteiger partial charge < -0.3 is 5.32 Å². The third-order valence-corrected chi connectivity index (χ3v) is 15.7. The number of anilines is 1. The number of nitrogens with one attached hydrogen (secondary N) is 1. The second-order valence-corrected chi connectivity index (χ2v) is 23.0. The van der Waals surface area contributed by atoms with Crippen molar-refractivity contribution in [3.05, 3.63) is 128 Å². The second kappa shape index (κ2) is 18.1. The highest BCUT2D eigenvalue weighted by molar-refractivity contribution is 7.93. The molecule has 3 aromatic carbocycles. The van der Waals surface area contributed by atoms with Crippen LogP contribution in [0.1, 0.15) is 82.1 Å². The van der Waals surface area contributed by atoms with Crippen LogP contribution in [0.25, 0.3) is 22.0 Å². The summed E-state index contributed by atoms with van der Waals surface area (Å²) in [5.74, 6) is -7.11. The van der Waals surface area contributed by atoms with Crippen LogP contribution in [0.5, 0.6) is 0 Å². The predicted octanol–water partition coefficient (Wildman–Crippen LogP) is 9.21. The zero-order valence-corrected chi connectivity index (χ0v) is 40.9. The summed E-state index contributed by atoms with van der Waals surface area (Å²) in [5.41, 5.74) is -5.66. The van der Waals surface area contributed by atoms with E-state index in [0.717, 1.165) is 30.5 Å². The fourth-order valence-electron chi connectivity index (χ4n) is 8.73. The number of nitrogens with zero attached hydrogens (tertiary/aromatic N) is 6. The molecule has 1 N–H and O–H groups in total. The number of fused-ring (bicyclic) bond motifs is 4. The van der Waals surface area contributed by atoms with Crippen LogP contribution < -0.4 is 9.62 Å². The molecule has 0 radical (unpaired) electrons. The van der Waals surface area contributed by atoms with Crippen LogP contribution in [0.4, 0.5) is 49.7 Å². The Hall–Kier alpha value is -6.52. The lowest BCUT2D eigenvalue weighted by Gasteiger charge is -2.23. The number of carbonyl (C=O) groups excluding carboxylic acids is 2. The first-order chi connectivity index (χ1) is 33.7. The molecule has 0 unspecified atom stereocenters. The molecule has 3 atom stereocenters. The number of carbonyl (C=O) groups is 2. The number of sulfonamides is 1. The van der Waals surface area contributed by atoms with Crippen LogP contribution in [-0.2, 0) is 56.3 Å². The summed E-state index contributed by atoms with van der Waals surface area (Å²) in [4.78, 5) is 33.0. The Balaban J connectivity index is 1.38. The van der Waals surface area contributed by atoms with Crippen molar-refractivity contribution in [1.29, 1.82) is 0 Å². The number of aryl methyl sites for hydroxylation is 1. The maximum Gasteiger partial charge on any atom is 0.435 e. The first kappa shape index (κ1) is 52.8. The topological polar surface area (TPSA) is 166 Å². The minimum Gasteiger partial charge on any atom is -0.346 e. The summed E-state index contributed by atoms with van der Waals surface area (Å²) in [7, 11) is -8.68. The van der Waals surface area contributed by atoms with Gasteiger partial charge in [-0.1, -0.05) is 41.8 Å². The highest BCUT2D eigenvalue weighted by Gasteiger charge is 2.68. The molecule has 3 aromatic heterocycles. The minimum absolute atomic E-state index is 0.159. The number of hydrogen-bond donors (Lipinski definition) is 1. The number of aromatic nitrogens is 5. The maximum absolute atomic E-state index is 15.6. The van der Waals surface area contributed by atoms with Gasteiger partial charge in [-0.2, -0.15) is 49.6 Å². The number of amides is 2. The third kappa shape index (κ3) is 10.2. The molecule has 0 saturated heterocycles. The van der Waals surface area contributed by atoms with Gasteiger partial charge in [0, 0.05) is 40.5 Å². The summed E-state index contributed by atoms with van der Waals surface area (Å²) in [5, 5.41) is 8.87. The van der Waals surface area contributed by atoms with Crippen molar-refractivity contribution in [3.8, 4) is 23.0 Å². The molecular formula is C47H38ClF10N7O6S2. The Labute approximate surface area is 414 Å². The maximum atomic E-state index is 15.6. The van der Waals surface area contributed by atoms with Crippen LogP contribution >= 0.6 is 11.6 Å². The SMILES string of the molecule is Cc1ccccc1C(=O)N(c1nn(CC(F)(F)F)c2c(-c3ccc(C#CC(C)(C)S(C)(=O)=O)nc3[C@H](Cc3cc(F)cc(F)c3)NC(=O)Cn3nc(C(F)(F)F)c4c3C(F)(F)[C@@H]3C[C@H]43)ccc(Cl)c12)S(C)(=O)=O. The highest BCUT2D eigenvalue weighted by atomic mass is 35.5. The van der Waals surface area contributed by atoms with Crippen molar-refractivity contribution in [2.75, 3.05) is 16.8 Å². The molecular weight excluding hydrogens is 1050 g/mol. The van der Waals surface area contributed by atoms with E-state index in [2.05, 4.69) is 32.3 Å². The van der Waals surface area contributed by atoms with Crippen LogP contribution in [0, 0.1) is 36.3 Å². The predicted molar refractivity (Wildman–Crippen MR) is 246 cm³/mol. The van der Waals surface area contributed by atoms with E-state index in [4.69, 9.17) is 11.6 Å².